The van der Waals surface area contributed by atoms with Gasteiger partial charge in [0.15, 0.2) is 5.03 Å². The number of aromatic nitrogens is 1. The van der Waals surface area contributed by atoms with E-state index in [0.717, 1.165) is 6.07 Å². The molecule has 1 rings (SSSR count). The zero-order chi connectivity index (χ0) is 10.1. The summed E-state index contributed by atoms with van der Waals surface area (Å²) in [5, 5.41) is 8.18. The second-order valence-electron chi connectivity index (χ2n) is 2.07. The predicted octanol–water partition coefficient (Wildman–Crippen LogP) is 1.64. The van der Waals surface area contributed by atoms with Crippen LogP contribution in [0, 0.1) is 11.3 Å². The Morgan fingerprint density at radius 3 is 2.62 bits per heavy atom. The van der Waals surface area contributed by atoms with E-state index in [0.29, 0.717) is 0 Å². The molecule has 0 saturated heterocycles. The van der Waals surface area contributed by atoms with Crippen LogP contribution in [0.3, 0.4) is 0 Å². The SMILES string of the molecule is N#Cc1cc(Br)nc(S(=O)(=O)Cl)c1. The van der Waals surface area contributed by atoms with Crippen molar-refractivity contribution in [2.45, 2.75) is 5.03 Å². The normalized spacial score (nSPS) is 10.8. The number of pyridine rings is 1. The lowest BCUT2D eigenvalue weighted by molar-refractivity contribution is 0.606. The van der Waals surface area contributed by atoms with Gasteiger partial charge in [0.2, 0.25) is 0 Å². The first-order valence-electron chi connectivity index (χ1n) is 2.96. The Bertz CT molecular complexity index is 480. The van der Waals surface area contributed by atoms with Gasteiger partial charge in [-0.15, -0.1) is 0 Å². The van der Waals surface area contributed by atoms with E-state index in [-0.39, 0.29) is 15.2 Å². The monoisotopic (exact) mass is 280 g/mol. The summed E-state index contributed by atoms with van der Waals surface area (Å²) in [6, 6.07) is 4.29. The van der Waals surface area contributed by atoms with E-state index >= 15 is 0 Å². The van der Waals surface area contributed by atoms with Gasteiger partial charge in [-0.1, -0.05) is 0 Å². The molecule has 1 aromatic heterocycles. The maximum absolute atomic E-state index is 10.8. The van der Waals surface area contributed by atoms with Crippen LogP contribution in [0.2, 0.25) is 0 Å². The summed E-state index contributed by atoms with van der Waals surface area (Å²) in [7, 11) is 1.16. The van der Waals surface area contributed by atoms with Gasteiger partial charge in [-0.2, -0.15) is 5.26 Å². The first-order chi connectivity index (χ1) is 5.93. The minimum absolute atomic E-state index is 0.182. The summed E-state index contributed by atoms with van der Waals surface area (Å²) >= 11 is 2.96. The summed E-state index contributed by atoms with van der Waals surface area (Å²) in [5.41, 5.74) is 0.182. The first kappa shape index (κ1) is 10.4. The largest absolute Gasteiger partial charge is 0.278 e. The third-order valence-electron chi connectivity index (χ3n) is 1.15. The van der Waals surface area contributed by atoms with Crippen LogP contribution in [0.5, 0.6) is 0 Å². The molecule has 0 aliphatic heterocycles. The zero-order valence-electron chi connectivity index (χ0n) is 6.03. The molecule has 0 aliphatic rings. The van der Waals surface area contributed by atoms with Crippen LogP contribution in [0.1, 0.15) is 5.56 Å². The number of nitrogens with zero attached hydrogens (tertiary/aromatic N) is 2. The van der Waals surface area contributed by atoms with Crippen LogP contribution in [-0.4, -0.2) is 13.4 Å². The van der Waals surface area contributed by atoms with E-state index in [1.807, 2.05) is 0 Å². The molecule has 68 valence electrons. The summed E-state index contributed by atoms with van der Waals surface area (Å²) in [6.45, 7) is 0. The molecule has 0 saturated carbocycles. The van der Waals surface area contributed by atoms with E-state index in [1.165, 1.54) is 6.07 Å². The average molecular weight is 282 g/mol. The second kappa shape index (κ2) is 3.62. The lowest BCUT2D eigenvalue weighted by Crippen LogP contribution is -1.96. The molecule has 1 heterocycles. The average Bonchev–Trinajstić information content (AvgIpc) is 2.01. The number of nitriles is 1. The molecule has 4 nitrogen and oxygen atoms in total. The van der Waals surface area contributed by atoms with Gasteiger partial charge in [0.05, 0.1) is 11.6 Å². The lowest BCUT2D eigenvalue weighted by atomic mass is 10.3. The Kier molecular flexibility index (Phi) is 2.91. The smallest absolute Gasteiger partial charge is 0.228 e. The van der Waals surface area contributed by atoms with Crippen molar-refractivity contribution >= 4 is 35.7 Å². The van der Waals surface area contributed by atoms with Crippen molar-refractivity contribution in [3.8, 4) is 6.07 Å². The van der Waals surface area contributed by atoms with Crippen LogP contribution in [-0.2, 0) is 9.05 Å². The maximum atomic E-state index is 10.8. The van der Waals surface area contributed by atoms with E-state index in [1.54, 1.807) is 6.07 Å². The molecule has 0 bridgehead atoms. The highest BCUT2D eigenvalue weighted by Crippen LogP contribution is 2.17. The highest BCUT2D eigenvalue weighted by molar-refractivity contribution is 9.10. The molecule has 0 N–H and O–H groups in total. The van der Waals surface area contributed by atoms with Gasteiger partial charge in [-0.3, -0.25) is 0 Å². The van der Waals surface area contributed by atoms with E-state index in [4.69, 9.17) is 15.9 Å². The zero-order valence-corrected chi connectivity index (χ0v) is 9.19. The fraction of sp³-hybridized carbons (Fsp3) is 0. The van der Waals surface area contributed by atoms with Crippen LogP contribution >= 0.6 is 26.6 Å². The van der Waals surface area contributed by atoms with Crippen molar-refractivity contribution in [2.24, 2.45) is 0 Å². The van der Waals surface area contributed by atoms with E-state index in [2.05, 4.69) is 20.9 Å². The minimum Gasteiger partial charge on any atom is -0.228 e. The van der Waals surface area contributed by atoms with Gasteiger partial charge >= 0.3 is 0 Å². The second-order valence-corrected chi connectivity index (χ2v) is 5.39. The molecule has 0 spiro atoms. The summed E-state index contributed by atoms with van der Waals surface area (Å²) in [6.07, 6.45) is 0. The van der Waals surface area contributed by atoms with Crippen molar-refractivity contribution in [1.82, 2.24) is 4.98 Å². The standard InChI is InChI=1S/C6H2BrClN2O2S/c7-5-1-4(3-9)2-6(10-5)13(8,11)12/h1-2H. The van der Waals surface area contributed by atoms with Crippen molar-refractivity contribution in [3.05, 3.63) is 22.3 Å². The molecule has 13 heavy (non-hydrogen) atoms. The van der Waals surface area contributed by atoms with Crippen molar-refractivity contribution in [3.63, 3.8) is 0 Å². The van der Waals surface area contributed by atoms with Gasteiger partial charge < -0.3 is 0 Å². The lowest BCUT2D eigenvalue weighted by Gasteiger charge is -1.96. The van der Waals surface area contributed by atoms with E-state index < -0.39 is 9.05 Å². The summed E-state index contributed by atoms with van der Waals surface area (Å²) in [4.78, 5) is 3.60. The summed E-state index contributed by atoms with van der Waals surface area (Å²) in [5.74, 6) is 0. The molecule has 0 aromatic carbocycles. The molecule has 0 radical (unpaired) electrons. The molecule has 0 amide bonds. The van der Waals surface area contributed by atoms with Crippen molar-refractivity contribution < 1.29 is 8.42 Å². The highest BCUT2D eigenvalue weighted by atomic mass is 79.9. The third-order valence-corrected chi connectivity index (χ3v) is 2.74. The van der Waals surface area contributed by atoms with Crippen LogP contribution in [0.25, 0.3) is 0 Å². The molecule has 0 atom stereocenters. The molecule has 0 fully saturated rings. The Hall–Kier alpha value is -0.640. The minimum atomic E-state index is -3.88. The fourth-order valence-electron chi connectivity index (χ4n) is 0.662. The summed E-state index contributed by atoms with van der Waals surface area (Å²) < 4.78 is 21.9. The predicted molar refractivity (Wildman–Crippen MR) is 49.7 cm³/mol. The van der Waals surface area contributed by atoms with Gasteiger partial charge in [0, 0.05) is 10.7 Å². The van der Waals surface area contributed by atoms with Gasteiger partial charge in [-0.25, -0.2) is 13.4 Å². The maximum Gasteiger partial charge on any atom is 0.278 e. The molecular weight excluding hydrogens is 280 g/mol. The van der Waals surface area contributed by atoms with Crippen LogP contribution < -0.4 is 0 Å². The van der Waals surface area contributed by atoms with Crippen LogP contribution in [0.4, 0.5) is 0 Å². The van der Waals surface area contributed by atoms with Gasteiger partial charge in [0.25, 0.3) is 9.05 Å². The highest BCUT2D eigenvalue weighted by Gasteiger charge is 2.13. The van der Waals surface area contributed by atoms with Crippen molar-refractivity contribution in [2.75, 3.05) is 0 Å². The number of rotatable bonds is 1. The molecule has 0 unspecified atom stereocenters. The molecule has 1 aromatic rings. The Morgan fingerprint density at radius 1 is 1.54 bits per heavy atom. The molecule has 7 heteroatoms. The Morgan fingerprint density at radius 2 is 2.15 bits per heavy atom. The fourth-order valence-corrected chi connectivity index (χ4v) is 1.93. The van der Waals surface area contributed by atoms with Gasteiger partial charge in [-0.05, 0) is 28.1 Å². The quantitative estimate of drug-likeness (QED) is 0.579. The third kappa shape index (κ3) is 2.66. The number of halogens is 2. The number of hydrogen-bond donors (Lipinski definition) is 0. The topological polar surface area (TPSA) is 70.8 Å². The van der Waals surface area contributed by atoms with Crippen molar-refractivity contribution in [1.29, 1.82) is 5.26 Å². The van der Waals surface area contributed by atoms with E-state index in [9.17, 15) is 8.42 Å². The van der Waals surface area contributed by atoms with Crippen LogP contribution in [0.15, 0.2) is 21.8 Å². The van der Waals surface area contributed by atoms with Gasteiger partial charge in [0.1, 0.15) is 4.60 Å². The molecule has 0 aliphatic carbocycles. The molecular formula is C6H2BrClN2O2S. The first-order valence-corrected chi connectivity index (χ1v) is 6.06. The Labute approximate surface area is 87.7 Å². The Balaban J connectivity index is 3.44. The number of hydrogen-bond acceptors (Lipinski definition) is 4.